The molecule has 1 aromatic heterocycles. The first-order valence-electron chi connectivity index (χ1n) is 10.4. The number of ether oxygens (including phenoxy) is 1. The Morgan fingerprint density at radius 1 is 1.17 bits per heavy atom. The number of halogens is 4. The van der Waals surface area contributed by atoms with Gasteiger partial charge in [0, 0.05) is 18.6 Å². The Hall–Kier alpha value is -3.41. The highest BCUT2D eigenvalue weighted by Gasteiger charge is 2.37. The number of amides is 1. The number of alkyl halides is 3. The average Bonchev–Trinajstić information content (AvgIpc) is 3.04. The van der Waals surface area contributed by atoms with Gasteiger partial charge in [-0.3, -0.25) is 19.6 Å². The lowest BCUT2D eigenvalue weighted by Crippen LogP contribution is -2.16. The number of aromatic nitrogens is 2. The zero-order valence-corrected chi connectivity index (χ0v) is 20.9. The monoisotopic (exact) mass is 554 g/mol. The predicted octanol–water partition coefficient (Wildman–Crippen LogP) is 6.63. The summed E-state index contributed by atoms with van der Waals surface area (Å²) in [5.74, 6) is 0.128. The van der Waals surface area contributed by atoms with E-state index in [1.54, 1.807) is 6.07 Å². The van der Waals surface area contributed by atoms with Gasteiger partial charge in [-0.05, 0) is 66.4 Å². The lowest BCUT2D eigenvalue weighted by Gasteiger charge is -2.13. The third-order valence-electron chi connectivity index (χ3n) is 5.33. The summed E-state index contributed by atoms with van der Waals surface area (Å²) in [6, 6.07) is 7.66. The highest BCUT2D eigenvalue weighted by molar-refractivity contribution is 9.10. The number of nitrogens with zero attached hydrogens (tertiary/aromatic N) is 3. The summed E-state index contributed by atoms with van der Waals surface area (Å²) < 4.78 is 45.9. The first kappa shape index (κ1) is 26.2. The minimum absolute atomic E-state index is 0.119. The van der Waals surface area contributed by atoms with Crippen LogP contribution in [0, 0.1) is 37.8 Å². The van der Waals surface area contributed by atoms with Crippen LogP contribution in [0.4, 0.5) is 24.5 Å². The maximum absolute atomic E-state index is 13.0. The third-order valence-corrected chi connectivity index (χ3v) is 6.28. The van der Waals surface area contributed by atoms with Crippen LogP contribution in [0.3, 0.4) is 0 Å². The van der Waals surface area contributed by atoms with E-state index in [4.69, 9.17) is 4.74 Å². The fourth-order valence-corrected chi connectivity index (χ4v) is 3.92. The van der Waals surface area contributed by atoms with Crippen molar-refractivity contribution in [3.8, 4) is 11.5 Å². The van der Waals surface area contributed by atoms with Crippen LogP contribution < -0.4 is 10.1 Å². The van der Waals surface area contributed by atoms with Gasteiger partial charge in [0.15, 0.2) is 5.69 Å². The number of carbonyl (C=O) groups is 1. The summed E-state index contributed by atoms with van der Waals surface area (Å²) in [7, 11) is 0. The summed E-state index contributed by atoms with van der Waals surface area (Å²) in [6.07, 6.45) is -4.84. The van der Waals surface area contributed by atoms with E-state index in [0.29, 0.717) is 5.75 Å². The van der Waals surface area contributed by atoms with Gasteiger partial charge >= 0.3 is 6.18 Å². The van der Waals surface area contributed by atoms with Crippen LogP contribution in [0.2, 0.25) is 0 Å². The van der Waals surface area contributed by atoms with Crippen LogP contribution in [0.15, 0.2) is 34.8 Å². The van der Waals surface area contributed by atoms with E-state index in [1.807, 2.05) is 26.8 Å². The van der Waals surface area contributed by atoms with Gasteiger partial charge in [-0.1, -0.05) is 6.07 Å². The van der Waals surface area contributed by atoms with Crippen molar-refractivity contribution in [1.29, 1.82) is 0 Å². The zero-order valence-electron chi connectivity index (χ0n) is 19.3. The van der Waals surface area contributed by atoms with E-state index in [9.17, 15) is 28.1 Å². The topological polar surface area (TPSA) is 99.3 Å². The van der Waals surface area contributed by atoms with Gasteiger partial charge < -0.3 is 10.1 Å². The minimum atomic E-state index is -4.63. The van der Waals surface area contributed by atoms with E-state index in [1.165, 1.54) is 25.1 Å². The van der Waals surface area contributed by atoms with Crippen molar-refractivity contribution in [3.05, 3.63) is 73.0 Å². The molecule has 186 valence electrons. The number of nitrogens with one attached hydrogen (secondary N) is 1. The molecule has 0 radical (unpaired) electrons. The highest BCUT2D eigenvalue weighted by atomic mass is 79.9. The van der Waals surface area contributed by atoms with Crippen molar-refractivity contribution < 1.29 is 27.6 Å². The van der Waals surface area contributed by atoms with Crippen molar-refractivity contribution in [1.82, 2.24) is 9.78 Å². The number of hydrogen-bond acceptors (Lipinski definition) is 5. The normalized spacial score (nSPS) is 11.4. The molecular formula is C23H22BrF3N4O4. The molecule has 0 atom stereocenters. The van der Waals surface area contributed by atoms with E-state index in [0.717, 1.165) is 21.4 Å². The largest absolute Gasteiger partial charge is 0.457 e. The van der Waals surface area contributed by atoms with Crippen molar-refractivity contribution in [2.24, 2.45) is 0 Å². The van der Waals surface area contributed by atoms with Gasteiger partial charge in [0.1, 0.15) is 11.5 Å². The fourth-order valence-electron chi connectivity index (χ4n) is 3.41. The molecule has 35 heavy (non-hydrogen) atoms. The number of nitro groups is 1. The standard InChI is InChI=1S/C23H22BrF3N4O4/c1-12-7-13(2)14(3)19(8-12)35-18-10-16(9-17(11-18)31(33)34)28-20(32)5-6-30-15(4)21(24)22(29-30)23(25,26)27/h7-11H,5-6H2,1-4H3,(H,28,32). The van der Waals surface area contributed by atoms with Crippen LogP contribution in [0.1, 0.15) is 34.5 Å². The van der Waals surface area contributed by atoms with Gasteiger partial charge in [0.25, 0.3) is 5.69 Å². The summed E-state index contributed by atoms with van der Waals surface area (Å²) in [5.41, 5.74) is 1.80. The Balaban J connectivity index is 1.78. The molecular weight excluding hydrogens is 533 g/mol. The lowest BCUT2D eigenvalue weighted by molar-refractivity contribution is -0.384. The third kappa shape index (κ3) is 6.18. The van der Waals surface area contributed by atoms with Gasteiger partial charge in [-0.15, -0.1) is 0 Å². The molecule has 12 heteroatoms. The van der Waals surface area contributed by atoms with E-state index < -0.39 is 22.7 Å². The fraction of sp³-hybridized carbons (Fsp3) is 0.304. The second-order valence-corrected chi connectivity index (χ2v) is 8.84. The zero-order chi connectivity index (χ0) is 26.1. The number of anilines is 1. The maximum Gasteiger partial charge on any atom is 0.436 e. The number of nitro benzene ring substituents is 1. The molecule has 3 rings (SSSR count). The number of rotatable bonds is 7. The average molecular weight is 555 g/mol. The molecule has 3 aromatic rings. The van der Waals surface area contributed by atoms with Gasteiger partial charge in [-0.25, -0.2) is 0 Å². The lowest BCUT2D eigenvalue weighted by atomic mass is 10.1. The first-order valence-corrected chi connectivity index (χ1v) is 11.2. The second-order valence-electron chi connectivity index (χ2n) is 8.05. The van der Waals surface area contributed by atoms with Crippen LogP contribution in [0.5, 0.6) is 11.5 Å². The SMILES string of the molecule is Cc1cc(C)c(C)c(Oc2cc(NC(=O)CCn3nc(C(F)(F)F)c(Br)c3C)cc([N+](=O)[O-])c2)c1. The number of aryl methyl sites for hydroxylation is 3. The summed E-state index contributed by atoms with van der Waals surface area (Å²) in [4.78, 5) is 23.3. The van der Waals surface area contributed by atoms with Gasteiger partial charge in [0.2, 0.25) is 5.91 Å². The summed E-state index contributed by atoms with van der Waals surface area (Å²) >= 11 is 2.89. The molecule has 0 unspecified atom stereocenters. The highest BCUT2D eigenvalue weighted by Crippen LogP contribution is 2.36. The predicted molar refractivity (Wildman–Crippen MR) is 127 cm³/mol. The second kappa shape index (κ2) is 10.1. The number of benzene rings is 2. The molecule has 0 fully saturated rings. The van der Waals surface area contributed by atoms with Crippen molar-refractivity contribution in [3.63, 3.8) is 0 Å². The number of hydrogen-bond donors (Lipinski definition) is 1. The van der Waals surface area contributed by atoms with E-state index in [2.05, 4.69) is 26.3 Å². The first-order chi connectivity index (χ1) is 16.3. The van der Waals surface area contributed by atoms with Crippen molar-refractivity contribution in [2.45, 2.75) is 46.8 Å². The van der Waals surface area contributed by atoms with Crippen molar-refractivity contribution in [2.75, 3.05) is 5.32 Å². The molecule has 1 heterocycles. The molecule has 2 aromatic carbocycles. The smallest absolute Gasteiger partial charge is 0.436 e. The van der Waals surface area contributed by atoms with Gasteiger partial charge in [-0.2, -0.15) is 18.3 Å². The minimum Gasteiger partial charge on any atom is -0.457 e. The molecule has 0 spiro atoms. The van der Waals surface area contributed by atoms with E-state index >= 15 is 0 Å². The van der Waals surface area contributed by atoms with Crippen LogP contribution in [-0.4, -0.2) is 20.6 Å². The van der Waals surface area contributed by atoms with Crippen LogP contribution in [0.25, 0.3) is 0 Å². The summed E-state index contributed by atoms with van der Waals surface area (Å²) in [5, 5.41) is 17.5. The Morgan fingerprint density at radius 3 is 2.46 bits per heavy atom. The molecule has 8 nitrogen and oxygen atoms in total. The molecule has 0 aliphatic carbocycles. The Morgan fingerprint density at radius 2 is 1.86 bits per heavy atom. The Labute approximate surface area is 207 Å². The molecule has 1 N–H and O–H groups in total. The molecule has 0 aliphatic heterocycles. The molecule has 1 amide bonds. The summed E-state index contributed by atoms with van der Waals surface area (Å²) in [6.45, 7) is 7.02. The Bertz CT molecular complexity index is 1300. The molecule has 0 saturated carbocycles. The van der Waals surface area contributed by atoms with E-state index in [-0.39, 0.29) is 40.3 Å². The number of carbonyl (C=O) groups excluding carboxylic acids is 1. The molecule has 0 saturated heterocycles. The maximum atomic E-state index is 13.0. The number of non-ortho nitro benzene ring substituents is 1. The van der Waals surface area contributed by atoms with Crippen molar-refractivity contribution >= 4 is 33.2 Å². The quantitative estimate of drug-likeness (QED) is 0.261. The molecule has 0 aliphatic rings. The Kier molecular flexibility index (Phi) is 7.53. The van der Waals surface area contributed by atoms with Gasteiger partial charge in [0.05, 0.1) is 33.4 Å². The molecule has 0 bridgehead atoms. The van der Waals surface area contributed by atoms with Crippen LogP contribution in [-0.2, 0) is 17.5 Å². The van der Waals surface area contributed by atoms with Crippen LogP contribution >= 0.6 is 15.9 Å².